The Bertz CT molecular complexity index is 447. The molecular weight excluding hydrogens is 229 g/mol. The minimum atomic E-state index is -1.17. The summed E-state index contributed by atoms with van der Waals surface area (Å²) in [5, 5.41) is 17.6. The third-order valence-electron chi connectivity index (χ3n) is 2.18. The van der Waals surface area contributed by atoms with Crippen molar-refractivity contribution in [2.75, 3.05) is 13.1 Å². The van der Waals surface area contributed by atoms with E-state index in [2.05, 4.69) is 0 Å². The molecule has 6 heteroatoms. The van der Waals surface area contributed by atoms with E-state index in [-0.39, 0.29) is 17.9 Å². The molecule has 0 fully saturated rings. The Kier molecular flexibility index (Phi) is 4.03. The van der Waals surface area contributed by atoms with Crippen molar-refractivity contribution in [3.8, 4) is 5.75 Å². The molecule has 1 rings (SSSR count). The Morgan fingerprint density at radius 3 is 2.53 bits per heavy atom. The summed E-state index contributed by atoms with van der Waals surface area (Å²) in [5.41, 5.74) is -0.258. The Morgan fingerprint density at radius 1 is 1.41 bits per heavy atom. The van der Waals surface area contributed by atoms with Gasteiger partial charge in [-0.2, -0.15) is 0 Å². The molecule has 0 spiro atoms. The molecule has 0 unspecified atom stereocenters. The average Bonchev–Trinajstić information content (AvgIpc) is 2.24. The zero-order chi connectivity index (χ0) is 13.0. The first-order chi connectivity index (χ1) is 7.95. The number of aromatic hydroxyl groups is 1. The van der Waals surface area contributed by atoms with Crippen LogP contribution in [0, 0.1) is 5.82 Å². The predicted molar refractivity (Wildman–Crippen MR) is 57.3 cm³/mol. The molecule has 0 heterocycles. The van der Waals surface area contributed by atoms with E-state index in [0.29, 0.717) is 0 Å². The monoisotopic (exact) mass is 241 g/mol. The summed E-state index contributed by atoms with van der Waals surface area (Å²) >= 11 is 0. The number of rotatable bonds is 4. The summed E-state index contributed by atoms with van der Waals surface area (Å²) in [6, 6.07) is 3.10. The summed E-state index contributed by atoms with van der Waals surface area (Å²) in [7, 11) is 0. The predicted octanol–water partition coefficient (Wildman–Crippen LogP) is 1.08. The van der Waals surface area contributed by atoms with Crippen molar-refractivity contribution < 1.29 is 24.2 Å². The number of carboxylic acids is 1. The Morgan fingerprint density at radius 2 is 2.06 bits per heavy atom. The third-order valence-corrected chi connectivity index (χ3v) is 2.18. The van der Waals surface area contributed by atoms with Crippen molar-refractivity contribution in [1.82, 2.24) is 4.90 Å². The first-order valence-electron chi connectivity index (χ1n) is 4.95. The molecule has 0 atom stereocenters. The van der Waals surface area contributed by atoms with Gasteiger partial charge in [-0.05, 0) is 19.1 Å². The molecule has 0 radical (unpaired) electrons. The van der Waals surface area contributed by atoms with E-state index >= 15 is 0 Å². The third kappa shape index (κ3) is 3.17. The molecule has 1 amide bonds. The van der Waals surface area contributed by atoms with Gasteiger partial charge in [-0.25, -0.2) is 4.39 Å². The lowest BCUT2D eigenvalue weighted by molar-refractivity contribution is -0.137. The lowest BCUT2D eigenvalue weighted by Crippen LogP contribution is -2.35. The highest BCUT2D eigenvalue weighted by atomic mass is 19.1. The van der Waals surface area contributed by atoms with Crippen molar-refractivity contribution in [2.45, 2.75) is 6.92 Å². The van der Waals surface area contributed by atoms with Gasteiger partial charge in [0, 0.05) is 12.6 Å². The number of amides is 1. The number of aliphatic carboxylic acids is 1. The van der Waals surface area contributed by atoms with Gasteiger partial charge in [0.1, 0.15) is 18.1 Å². The number of nitrogens with zero attached hydrogens (tertiary/aromatic N) is 1. The largest absolute Gasteiger partial charge is 0.508 e. The standard InChI is InChI=1S/C11H12FNO4/c1-2-13(6-10(15)16)11(17)8-4-3-7(14)5-9(8)12/h3-5,14H,2,6H2,1H3,(H,15,16). The molecule has 0 aliphatic heterocycles. The van der Waals surface area contributed by atoms with Gasteiger partial charge in [0.15, 0.2) is 0 Å². The van der Waals surface area contributed by atoms with Gasteiger partial charge in [0.25, 0.3) is 5.91 Å². The van der Waals surface area contributed by atoms with Crippen LogP contribution in [0.2, 0.25) is 0 Å². The topological polar surface area (TPSA) is 77.8 Å². The zero-order valence-corrected chi connectivity index (χ0v) is 9.18. The number of hydrogen-bond donors (Lipinski definition) is 2. The molecule has 0 saturated heterocycles. The van der Waals surface area contributed by atoms with Crippen LogP contribution >= 0.6 is 0 Å². The second-order valence-corrected chi connectivity index (χ2v) is 3.38. The van der Waals surface area contributed by atoms with Gasteiger partial charge in [0.05, 0.1) is 5.56 Å². The molecule has 0 aliphatic carbocycles. The van der Waals surface area contributed by atoms with Crippen molar-refractivity contribution in [1.29, 1.82) is 0 Å². The van der Waals surface area contributed by atoms with Crippen LogP contribution in [0.25, 0.3) is 0 Å². The number of benzene rings is 1. The van der Waals surface area contributed by atoms with Crippen LogP contribution in [-0.4, -0.2) is 40.1 Å². The molecule has 2 N–H and O–H groups in total. The van der Waals surface area contributed by atoms with Gasteiger partial charge in [-0.15, -0.1) is 0 Å². The van der Waals surface area contributed by atoms with E-state index in [4.69, 9.17) is 10.2 Å². The molecule has 1 aromatic carbocycles. The fraction of sp³-hybridized carbons (Fsp3) is 0.273. The molecule has 0 aliphatic rings. The van der Waals surface area contributed by atoms with E-state index in [0.717, 1.165) is 17.0 Å². The lowest BCUT2D eigenvalue weighted by atomic mass is 10.1. The highest BCUT2D eigenvalue weighted by Gasteiger charge is 2.20. The van der Waals surface area contributed by atoms with Gasteiger partial charge in [-0.3, -0.25) is 9.59 Å². The Labute approximate surface area is 97.1 Å². The van der Waals surface area contributed by atoms with Crippen molar-refractivity contribution in [2.24, 2.45) is 0 Å². The van der Waals surface area contributed by atoms with Gasteiger partial charge in [-0.1, -0.05) is 0 Å². The summed E-state index contributed by atoms with van der Waals surface area (Å²) < 4.78 is 13.4. The number of carbonyl (C=O) groups is 2. The van der Waals surface area contributed by atoms with E-state index < -0.39 is 24.2 Å². The first-order valence-corrected chi connectivity index (χ1v) is 4.95. The van der Waals surface area contributed by atoms with E-state index in [1.54, 1.807) is 6.92 Å². The molecule has 5 nitrogen and oxygen atoms in total. The minimum absolute atomic E-state index is 0.158. The smallest absolute Gasteiger partial charge is 0.323 e. The summed E-state index contributed by atoms with van der Waals surface area (Å²) in [4.78, 5) is 23.3. The lowest BCUT2D eigenvalue weighted by Gasteiger charge is -2.18. The normalized spacial score (nSPS) is 10.0. The molecule has 92 valence electrons. The maximum Gasteiger partial charge on any atom is 0.323 e. The number of carbonyl (C=O) groups excluding carboxylic acids is 1. The molecule has 17 heavy (non-hydrogen) atoms. The number of halogens is 1. The van der Waals surface area contributed by atoms with Gasteiger partial charge < -0.3 is 15.1 Å². The minimum Gasteiger partial charge on any atom is -0.508 e. The van der Waals surface area contributed by atoms with Crippen LogP contribution in [0.15, 0.2) is 18.2 Å². The van der Waals surface area contributed by atoms with Crippen LogP contribution in [0.5, 0.6) is 5.75 Å². The van der Waals surface area contributed by atoms with Crippen LogP contribution in [0.1, 0.15) is 17.3 Å². The van der Waals surface area contributed by atoms with E-state index in [9.17, 15) is 14.0 Å². The average molecular weight is 241 g/mol. The van der Waals surface area contributed by atoms with Crippen LogP contribution < -0.4 is 0 Å². The number of phenolic OH excluding ortho intramolecular Hbond substituents is 1. The van der Waals surface area contributed by atoms with Crippen LogP contribution in [0.4, 0.5) is 4.39 Å². The Hall–Kier alpha value is -2.11. The van der Waals surface area contributed by atoms with Gasteiger partial charge in [0.2, 0.25) is 0 Å². The molecular formula is C11H12FNO4. The second-order valence-electron chi connectivity index (χ2n) is 3.38. The quantitative estimate of drug-likeness (QED) is 0.826. The fourth-order valence-corrected chi connectivity index (χ4v) is 1.34. The highest BCUT2D eigenvalue weighted by Crippen LogP contribution is 2.16. The van der Waals surface area contributed by atoms with E-state index in [1.165, 1.54) is 6.07 Å². The number of carboxylic acid groups (broad SMARTS) is 1. The maximum absolute atomic E-state index is 13.4. The molecule has 0 bridgehead atoms. The van der Waals surface area contributed by atoms with Crippen molar-refractivity contribution in [3.63, 3.8) is 0 Å². The van der Waals surface area contributed by atoms with Crippen LogP contribution in [0.3, 0.4) is 0 Å². The number of hydrogen-bond acceptors (Lipinski definition) is 3. The molecule has 0 aromatic heterocycles. The summed E-state index contributed by atoms with van der Waals surface area (Å²) in [5.74, 6) is -3.05. The molecule has 1 aromatic rings. The summed E-state index contributed by atoms with van der Waals surface area (Å²) in [6.45, 7) is 1.26. The maximum atomic E-state index is 13.4. The summed E-state index contributed by atoms with van der Waals surface area (Å²) in [6.07, 6.45) is 0. The first kappa shape index (κ1) is 13.0. The second kappa shape index (κ2) is 5.29. The van der Waals surface area contributed by atoms with Crippen molar-refractivity contribution in [3.05, 3.63) is 29.6 Å². The van der Waals surface area contributed by atoms with E-state index in [1.807, 2.05) is 0 Å². The Balaban J connectivity index is 2.97. The zero-order valence-electron chi connectivity index (χ0n) is 9.18. The SMILES string of the molecule is CCN(CC(=O)O)C(=O)c1ccc(O)cc1F. The van der Waals surface area contributed by atoms with Crippen LogP contribution in [-0.2, 0) is 4.79 Å². The number of likely N-dealkylation sites (N-methyl/N-ethyl adjacent to an activating group) is 1. The van der Waals surface area contributed by atoms with Crippen molar-refractivity contribution >= 4 is 11.9 Å². The molecule has 0 saturated carbocycles. The number of phenols is 1. The highest BCUT2D eigenvalue weighted by molar-refractivity contribution is 5.96. The fourth-order valence-electron chi connectivity index (χ4n) is 1.34. The van der Waals surface area contributed by atoms with Gasteiger partial charge >= 0.3 is 5.97 Å².